The summed E-state index contributed by atoms with van der Waals surface area (Å²) >= 11 is 1.89. The van der Waals surface area contributed by atoms with E-state index >= 15 is 0 Å². The Morgan fingerprint density at radius 1 is 0.408 bits per heavy atom. The summed E-state index contributed by atoms with van der Waals surface area (Å²) in [5, 5.41) is 4.93. The van der Waals surface area contributed by atoms with Gasteiger partial charge in [0.2, 0.25) is 0 Å². The zero-order valence-electron chi connectivity index (χ0n) is 42.1. The number of anilines is 6. The Balaban J connectivity index is 1.03. The fourth-order valence-electron chi connectivity index (χ4n) is 11.5. The molecule has 0 aliphatic carbocycles. The molecule has 346 valence electrons. The van der Waals surface area contributed by atoms with Gasteiger partial charge in [0.15, 0.2) is 0 Å². The van der Waals surface area contributed by atoms with E-state index < -0.39 is 0 Å². The average molecular weight is 937 g/mol. The van der Waals surface area contributed by atoms with E-state index in [-0.39, 0.29) is 23.0 Å². The molecule has 0 saturated heterocycles. The van der Waals surface area contributed by atoms with Gasteiger partial charge in [-0.1, -0.05) is 184 Å². The first kappa shape index (κ1) is 43.7. The van der Waals surface area contributed by atoms with Crippen molar-refractivity contribution in [3.8, 4) is 22.3 Å². The maximum absolute atomic E-state index is 6.55. The molecular formula is C66H57BN2OS. The van der Waals surface area contributed by atoms with Crippen molar-refractivity contribution < 1.29 is 4.42 Å². The molecule has 3 nitrogen and oxygen atoms in total. The van der Waals surface area contributed by atoms with E-state index in [9.17, 15) is 0 Å². The Bertz CT molecular complexity index is 3700. The minimum Gasteiger partial charge on any atom is -0.455 e. The Labute approximate surface area is 422 Å². The van der Waals surface area contributed by atoms with Crippen molar-refractivity contribution in [3.63, 3.8) is 0 Å². The van der Waals surface area contributed by atoms with Crippen molar-refractivity contribution >= 4 is 111 Å². The molecule has 0 N–H and O–H groups in total. The summed E-state index contributed by atoms with van der Waals surface area (Å²) in [5.74, 6) is 0. The molecule has 0 saturated carbocycles. The van der Waals surface area contributed by atoms with Gasteiger partial charge in [-0.2, -0.15) is 0 Å². The Kier molecular flexibility index (Phi) is 9.58. The second kappa shape index (κ2) is 15.6. The van der Waals surface area contributed by atoms with Crippen LogP contribution < -0.4 is 26.2 Å². The van der Waals surface area contributed by atoms with E-state index in [1.54, 1.807) is 0 Å². The van der Waals surface area contributed by atoms with Gasteiger partial charge in [-0.25, -0.2) is 0 Å². The van der Waals surface area contributed by atoms with Crippen LogP contribution in [0.25, 0.3) is 64.4 Å². The van der Waals surface area contributed by atoms with Gasteiger partial charge in [0.05, 0.1) is 0 Å². The minimum absolute atomic E-state index is 0.00548. The van der Waals surface area contributed by atoms with E-state index in [0.717, 1.165) is 44.4 Å². The summed E-state index contributed by atoms with van der Waals surface area (Å²) in [7, 11) is 0. The van der Waals surface area contributed by atoms with Gasteiger partial charge < -0.3 is 14.2 Å². The third kappa shape index (κ3) is 6.91. The molecule has 0 spiro atoms. The van der Waals surface area contributed by atoms with Crippen LogP contribution in [0, 0.1) is 0 Å². The van der Waals surface area contributed by atoms with Gasteiger partial charge in [-0.05, 0) is 127 Å². The molecule has 0 amide bonds. The van der Waals surface area contributed by atoms with Crippen LogP contribution in [0.1, 0.15) is 79.0 Å². The van der Waals surface area contributed by atoms with Gasteiger partial charge in [-0.3, -0.25) is 0 Å². The number of rotatable bonds is 4. The largest absolute Gasteiger partial charge is 0.455 e. The number of nitrogens with zero attached hydrogens (tertiary/aromatic N) is 2. The first-order valence-corrected chi connectivity index (χ1v) is 26.0. The van der Waals surface area contributed by atoms with Crippen LogP contribution in [0.4, 0.5) is 34.1 Å². The number of hydrogen-bond acceptors (Lipinski definition) is 4. The molecule has 13 rings (SSSR count). The molecule has 0 atom stereocenters. The molecule has 0 radical (unpaired) electrons. The lowest BCUT2D eigenvalue weighted by Crippen LogP contribution is -2.61. The fraction of sp³-hybridized carbons (Fsp3) is 0.182. The maximum Gasteiger partial charge on any atom is 0.252 e. The second-order valence-corrected chi connectivity index (χ2v) is 24.0. The second-order valence-electron chi connectivity index (χ2n) is 23.0. The summed E-state index contributed by atoms with van der Waals surface area (Å²) in [4.78, 5) is 5.13. The first-order valence-electron chi connectivity index (χ1n) is 25.2. The molecule has 0 fully saturated rings. The van der Waals surface area contributed by atoms with Crippen molar-refractivity contribution in [3.05, 3.63) is 199 Å². The van der Waals surface area contributed by atoms with Gasteiger partial charge in [0.25, 0.3) is 6.71 Å². The summed E-state index contributed by atoms with van der Waals surface area (Å²) in [6.07, 6.45) is 0. The average Bonchev–Trinajstić information content (AvgIpc) is 3.94. The normalized spacial score (nSPS) is 13.6. The third-order valence-corrected chi connectivity index (χ3v) is 16.6. The van der Waals surface area contributed by atoms with E-state index in [2.05, 4.69) is 248 Å². The number of benzene rings is 9. The summed E-state index contributed by atoms with van der Waals surface area (Å²) in [5.41, 5.74) is 21.5. The molecule has 4 heterocycles. The lowest BCUT2D eigenvalue weighted by atomic mass is 9.33. The number of fused-ring (bicyclic) bond motifs is 10. The van der Waals surface area contributed by atoms with Crippen molar-refractivity contribution in [2.45, 2.75) is 78.6 Å². The highest BCUT2D eigenvalue weighted by Gasteiger charge is 2.45. The van der Waals surface area contributed by atoms with E-state index in [1.807, 2.05) is 17.4 Å². The van der Waals surface area contributed by atoms with Crippen molar-refractivity contribution in [2.24, 2.45) is 0 Å². The quantitative estimate of drug-likeness (QED) is 0.164. The van der Waals surface area contributed by atoms with Crippen LogP contribution >= 0.6 is 11.3 Å². The molecular weight excluding hydrogens is 880 g/mol. The summed E-state index contributed by atoms with van der Waals surface area (Å²) in [6.45, 7) is 21.1. The van der Waals surface area contributed by atoms with E-state index in [4.69, 9.17) is 4.42 Å². The van der Waals surface area contributed by atoms with Crippen LogP contribution in [0.15, 0.2) is 186 Å². The number of furan rings is 1. The standard InChI is InChI=1S/C66H57BN2OS/c1-64(2,3)42-28-34-55-53(36-42)67-54-37-43(65(4,5)6)29-35-56(54)69(46-32-26-41(27-33-46)48-19-15-21-52-50-17-11-13-23-60(50)71-63(48)52)58-39-44(66(7,8)9)38-57(61(58)67)68(55)45-30-24-40(25-31-45)47-18-14-20-51-49-16-10-12-22-59(49)70-62(47)51/h10-39H,1-9H3. The van der Waals surface area contributed by atoms with Gasteiger partial charge in [0, 0.05) is 70.6 Å². The van der Waals surface area contributed by atoms with E-state index in [0.29, 0.717) is 0 Å². The molecule has 2 aromatic heterocycles. The molecule has 11 aromatic rings. The van der Waals surface area contributed by atoms with Crippen molar-refractivity contribution in [2.75, 3.05) is 9.80 Å². The van der Waals surface area contributed by atoms with Gasteiger partial charge in [-0.15, -0.1) is 11.3 Å². The van der Waals surface area contributed by atoms with Crippen LogP contribution in [-0.4, -0.2) is 6.71 Å². The Morgan fingerprint density at radius 2 is 0.901 bits per heavy atom. The van der Waals surface area contributed by atoms with E-state index in [1.165, 1.54) is 87.1 Å². The number of para-hydroxylation sites is 2. The molecule has 2 aliphatic heterocycles. The van der Waals surface area contributed by atoms with Crippen LogP contribution in [0.2, 0.25) is 0 Å². The highest BCUT2D eigenvalue weighted by Crippen LogP contribution is 2.48. The molecule has 2 aliphatic rings. The Morgan fingerprint density at radius 3 is 1.48 bits per heavy atom. The smallest absolute Gasteiger partial charge is 0.252 e. The van der Waals surface area contributed by atoms with Gasteiger partial charge in [0.1, 0.15) is 11.2 Å². The number of hydrogen-bond donors (Lipinski definition) is 0. The predicted molar refractivity (Wildman–Crippen MR) is 308 cm³/mol. The summed E-state index contributed by atoms with van der Waals surface area (Å²) < 4.78 is 9.21. The van der Waals surface area contributed by atoms with Crippen molar-refractivity contribution in [1.29, 1.82) is 0 Å². The molecule has 0 bridgehead atoms. The fourth-order valence-corrected chi connectivity index (χ4v) is 12.7. The first-order chi connectivity index (χ1) is 34.1. The SMILES string of the molecule is CC(C)(C)c1ccc2c(c1)B1c3cc(C(C)(C)C)ccc3N(c3ccc(-c4cccc5c4sc4ccccc45)cc3)c3cc(C(C)(C)C)cc(c31)N2c1ccc(-c2cccc3c2oc2ccccc23)cc1. The topological polar surface area (TPSA) is 19.6 Å². The zero-order valence-corrected chi connectivity index (χ0v) is 42.9. The van der Waals surface area contributed by atoms with Crippen LogP contribution in [-0.2, 0) is 16.2 Å². The third-order valence-electron chi connectivity index (χ3n) is 15.3. The monoisotopic (exact) mass is 936 g/mol. The molecule has 71 heavy (non-hydrogen) atoms. The molecule has 0 unspecified atom stereocenters. The zero-order chi connectivity index (χ0) is 48.7. The van der Waals surface area contributed by atoms with Gasteiger partial charge >= 0.3 is 0 Å². The van der Waals surface area contributed by atoms with Crippen LogP contribution in [0.3, 0.4) is 0 Å². The molecule has 5 heteroatoms. The highest BCUT2D eigenvalue weighted by atomic mass is 32.1. The number of thiophene rings is 1. The Hall–Kier alpha value is -7.34. The predicted octanol–water partition coefficient (Wildman–Crippen LogP) is 17.3. The summed E-state index contributed by atoms with van der Waals surface area (Å²) in [6, 6.07) is 68.6. The minimum atomic E-state index is -0.132. The highest BCUT2D eigenvalue weighted by molar-refractivity contribution is 7.26. The van der Waals surface area contributed by atoms with Crippen LogP contribution in [0.5, 0.6) is 0 Å². The lowest BCUT2D eigenvalue weighted by Gasteiger charge is -2.45. The molecule has 9 aromatic carbocycles. The maximum atomic E-state index is 6.55. The van der Waals surface area contributed by atoms with Crippen molar-refractivity contribution in [1.82, 2.24) is 0 Å². The lowest BCUT2D eigenvalue weighted by molar-refractivity contribution is 0.590.